The molecule has 0 aliphatic rings. The zero-order valence-electron chi connectivity index (χ0n) is 13.2. The Bertz CT molecular complexity index is 1060. The quantitative estimate of drug-likeness (QED) is 0.580. The lowest BCUT2D eigenvalue weighted by Gasteiger charge is -2.22. The van der Waals surface area contributed by atoms with E-state index >= 15 is 0 Å². The Labute approximate surface area is 138 Å². The molecule has 5 nitrogen and oxygen atoms in total. The number of anilines is 2. The molecule has 0 saturated carbocycles. The van der Waals surface area contributed by atoms with Gasteiger partial charge in [-0.3, -0.25) is 9.88 Å². The van der Waals surface area contributed by atoms with E-state index < -0.39 is 6.03 Å². The van der Waals surface area contributed by atoms with Crippen LogP contribution >= 0.6 is 0 Å². The van der Waals surface area contributed by atoms with E-state index in [1.165, 1.54) is 4.90 Å². The van der Waals surface area contributed by atoms with Crippen LogP contribution in [0.15, 0.2) is 60.9 Å². The van der Waals surface area contributed by atoms with Crippen molar-refractivity contribution in [1.82, 2.24) is 9.97 Å². The van der Waals surface area contributed by atoms with Crippen LogP contribution in [0.3, 0.4) is 0 Å². The molecule has 118 valence electrons. The number of carbonyl (C=O) groups is 1. The van der Waals surface area contributed by atoms with Crippen LogP contribution in [0.2, 0.25) is 0 Å². The highest BCUT2D eigenvalue weighted by molar-refractivity contribution is 6.07. The topological polar surface area (TPSA) is 75.0 Å². The van der Waals surface area contributed by atoms with E-state index in [0.717, 1.165) is 27.4 Å². The van der Waals surface area contributed by atoms with E-state index in [1.54, 1.807) is 12.4 Å². The van der Waals surface area contributed by atoms with Crippen LogP contribution in [0.1, 0.15) is 5.69 Å². The van der Waals surface area contributed by atoms with Gasteiger partial charge in [0.15, 0.2) is 0 Å². The monoisotopic (exact) mass is 316 g/mol. The molecular formula is C19H16N4O. The van der Waals surface area contributed by atoms with E-state index in [0.29, 0.717) is 11.4 Å². The van der Waals surface area contributed by atoms with Gasteiger partial charge in [0.2, 0.25) is 0 Å². The minimum absolute atomic E-state index is 0.542. The van der Waals surface area contributed by atoms with Crippen LogP contribution < -0.4 is 10.6 Å². The van der Waals surface area contributed by atoms with Gasteiger partial charge in [0.1, 0.15) is 0 Å². The fourth-order valence-electron chi connectivity index (χ4n) is 3.07. The van der Waals surface area contributed by atoms with Crippen LogP contribution in [-0.4, -0.2) is 16.0 Å². The predicted octanol–water partition coefficient (Wildman–Crippen LogP) is 4.24. The SMILES string of the molecule is Cc1cc2cc(N(C(N)=O)c3cncc4ccccc34)ccc2[nH]1. The lowest BCUT2D eigenvalue weighted by molar-refractivity contribution is 0.256. The van der Waals surface area contributed by atoms with Crippen molar-refractivity contribution < 1.29 is 4.79 Å². The number of aromatic amines is 1. The number of fused-ring (bicyclic) bond motifs is 2. The normalized spacial score (nSPS) is 11.0. The van der Waals surface area contributed by atoms with Gasteiger partial charge in [-0.05, 0) is 31.2 Å². The lowest BCUT2D eigenvalue weighted by atomic mass is 10.1. The maximum Gasteiger partial charge on any atom is 0.323 e. The average Bonchev–Trinajstić information content (AvgIpc) is 2.94. The number of hydrogen-bond acceptors (Lipinski definition) is 2. The van der Waals surface area contributed by atoms with Crippen LogP contribution in [0.5, 0.6) is 0 Å². The molecule has 2 aromatic carbocycles. The molecule has 2 aromatic heterocycles. The number of pyridine rings is 1. The summed E-state index contributed by atoms with van der Waals surface area (Å²) in [7, 11) is 0. The minimum Gasteiger partial charge on any atom is -0.359 e. The number of nitrogens with one attached hydrogen (secondary N) is 1. The van der Waals surface area contributed by atoms with E-state index in [1.807, 2.05) is 55.5 Å². The summed E-state index contributed by atoms with van der Waals surface area (Å²) in [6.07, 6.45) is 3.44. The third-order valence-corrected chi connectivity index (χ3v) is 4.11. The molecule has 0 spiro atoms. The van der Waals surface area contributed by atoms with Crippen molar-refractivity contribution in [3.63, 3.8) is 0 Å². The first kappa shape index (κ1) is 14.3. The Morgan fingerprint density at radius 2 is 1.92 bits per heavy atom. The number of urea groups is 1. The Hall–Kier alpha value is -3.34. The second-order valence-corrected chi connectivity index (χ2v) is 5.78. The average molecular weight is 316 g/mol. The highest BCUT2D eigenvalue weighted by Crippen LogP contribution is 2.33. The van der Waals surface area contributed by atoms with Gasteiger partial charge < -0.3 is 10.7 Å². The zero-order valence-corrected chi connectivity index (χ0v) is 13.2. The number of amides is 2. The first-order chi connectivity index (χ1) is 11.6. The molecule has 5 heteroatoms. The van der Waals surface area contributed by atoms with E-state index in [-0.39, 0.29) is 0 Å². The second kappa shape index (κ2) is 5.38. The molecule has 24 heavy (non-hydrogen) atoms. The van der Waals surface area contributed by atoms with Crippen molar-refractivity contribution in [3.05, 3.63) is 66.6 Å². The van der Waals surface area contributed by atoms with Crippen LogP contribution in [-0.2, 0) is 0 Å². The molecule has 4 rings (SSSR count). The van der Waals surface area contributed by atoms with E-state index in [2.05, 4.69) is 9.97 Å². The summed E-state index contributed by atoms with van der Waals surface area (Å²) in [6.45, 7) is 2.00. The van der Waals surface area contributed by atoms with Gasteiger partial charge in [-0.1, -0.05) is 24.3 Å². The number of aromatic nitrogens is 2. The molecule has 3 N–H and O–H groups in total. The number of nitrogens with zero attached hydrogens (tertiary/aromatic N) is 2. The summed E-state index contributed by atoms with van der Waals surface area (Å²) in [4.78, 5) is 21.2. The van der Waals surface area contributed by atoms with Gasteiger partial charge in [0, 0.05) is 33.6 Å². The number of hydrogen-bond donors (Lipinski definition) is 2. The summed E-state index contributed by atoms with van der Waals surface area (Å²) in [5.74, 6) is 0. The van der Waals surface area contributed by atoms with Gasteiger partial charge in [-0.2, -0.15) is 0 Å². The van der Waals surface area contributed by atoms with Gasteiger partial charge in [0.25, 0.3) is 0 Å². The lowest BCUT2D eigenvalue weighted by Crippen LogP contribution is -2.31. The van der Waals surface area contributed by atoms with Gasteiger partial charge in [0.05, 0.1) is 17.6 Å². The van der Waals surface area contributed by atoms with Gasteiger partial charge in [-0.25, -0.2) is 4.79 Å². The maximum absolute atomic E-state index is 12.2. The fourth-order valence-corrected chi connectivity index (χ4v) is 3.07. The molecular weight excluding hydrogens is 300 g/mol. The predicted molar refractivity (Wildman–Crippen MR) is 96.5 cm³/mol. The highest BCUT2D eigenvalue weighted by Gasteiger charge is 2.18. The number of H-pyrrole nitrogens is 1. The van der Waals surface area contributed by atoms with Gasteiger partial charge in [-0.15, -0.1) is 0 Å². The third kappa shape index (κ3) is 2.27. The molecule has 0 aliphatic carbocycles. The van der Waals surface area contributed by atoms with Crippen LogP contribution in [0, 0.1) is 6.92 Å². The first-order valence-corrected chi connectivity index (χ1v) is 7.65. The molecule has 0 radical (unpaired) electrons. The molecule has 0 unspecified atom stereocenters. The molecule has 2 heterocycles. The molecule has 0 atom stereocenters. The Morgan fingerprint density at radius 3 is 2.75 bits per heavy atom. The smallest absolute Gasteiger partial charge is 0.323 e. The van der Waals surface area contributed by atoms with Crippen molar-refractivity contribution in [2.45, 2.75) is 6.92 Å². The van der Waals surface area contributed by atoms with E-state index in [4.69, 9.17) is 5.73 Å². The fraction of sp³-hybridized carbons (Fsp3) is 0.0526. The summed E-state index contributed by atoms with van der Waals surface area (Å²) in [6, 6.07) is 15.1. The molecule has 0 bridgehead atoms. The molecule has 0 fully saturated rings. The Morgan fingerprint density at radius 1 is 1.08 bits per heavy atom. The van der Waals surface area contributed by atoms with Crippen molar-refractivity contribution in [1.29, 1.82) is 0 Å². The third-order valence-electron chi connectivity index (χ3n) is 4.11. The summed E-state index contributed by atoms with van der Waals surface area (Å²) < 4.78 is 0. The summed E-state index contributed by atoms with van der Waals surface area (Å²) >= 11 is 0. The molecule has 2 amide bonds. The standard InChI is InChI=1S/C19H16N4O/c1-12-8-14-9-15(6-7-17(14)22-12)23(19(20)24)18-11-21-10-13-4-2-3-5-16(13)18/h2-11,22H,1H3,(H2,20,24). The number of carbonyl (C=O) groups excluding carboxylic acids is 1. The number of nitrogens with two attached hydrogens (primary N) is 1. The zero-order chi connectivity index (χ0) is 16.7. The molecule has 0 saturated heterocycles. The van der Waals surface area contributed by atoms with Crippen molar-refractivity contribution in [2.75, 3.05) is 4.90 Å². The summed E-state index contributed by atoms with van der Waals surface area (Å²) in [5.41, 5.74) is 9.17. The van der Waals surface area contributed by atoms with E-state index in [9.17, 15) is 4.79 Å². The van der Waals surface area contributed by atoms with Crippen molar-refractivity contribution in [3.8, 4) is 0 Å². The number of benzene rings is 2. The first-order valence-electron chi connectivity index (χ1n) is 7.65. The molecule has 0 aliphatic heterocycles. The second-order valence-electron chi connectivity index (χ2n) is 5.78. The minimum atomic E-state index is -0.542. The number of rotatable bonds is 2. The largest absolute Gasteiger partial charge is 0.359 e. The van der Waals surface area contributed by atoms with Crippen LogP contribution in [0.25, 0.3) is 21.7 Å². The van der Waals surface area contributed by atoms with Gasteiger partial charge >= 0.3 is 6.03 Å². The Kier molecular flexibility index (Phi) is 3.20. The molecule has 4 aromatic rings. The number of primary amides is 1. The highest BCUT2D eigenvalue weighted by atomic mass is 16.2. The number of aryl methyl sites for hydroxylation is 1. The van der Waals surface area contributed by atoms with Crippen molar-refractivity contribution in [2.24, 2.45) is 5.73 Å². The maximum atomic E-state index is 12.2. The Balaban J connectivity index is 1.94. The van der Waals surface area contributed by atoms with Crippen LogP contribution in [0.4, 0.5) is 16.2 Å². The van der Waals surface area contributed by atoms with Crippen molar-refractivity contribution >= 4 is 39.1 Å². The summed E-state index contributed by atoms with van der Waals surface area (Å²) in [5, 5.41) is 2.92.